The molecule has 0 aromatic carbocycles. The standard InChI is InChI=1S/C7H7ClN4O/c8-5-4-11-7(12-6(5)13)10-3-1-2-9/h4H,1,3H2,(H2,10,11,12,13). The van der Waals surface area contributed by atoms with Gasteiger partial charge in [0.15, 0.2) is 0 Å². The molecule has 1 aromatic rings. The highest BCUT2D eigenvalue weighted by Crippen LogP contribution is 1.99. The first kappa shape index (κ1) is 9.55. The van der Waals surface area contributed by atoms with Crippen molar-refractivity contribution < 1.29 is 0 Å². The zero-order valence-electron chi connectivity index (χ0n) is 6.67. The van der Waals surface area contributed by atoms with E-state index in [1.165, 1.54) is 6.20 Å². The number of rotatable bonds is 3. The molecule has 1 rings (SSSR count). The van der Waals surface area contributed by atoms with Crippen molar-refractivity contribution in [2.45, 2.75) is 6.42 Å². The van der Waals surface area contributed by atoms with Crippen LogP contribution in [0.25, 0.3) is 0 Å². The van der Waals surface area contributed by atoms with Crippen LogP contribution in [-0.2, 0) is 0 Å². The number of H-pyrrole nitrogens is 1. The molecule has 0 saturated carbocycles. The summed E-state index contributed by atoms with van der Waals surface area (Å²) >= 11 is 5.46. The summed E-state index contributed by atoms with van der Waals surface area (Å²) < 4.78 is 0. The first-order chi connectivity index (χ1) is 6.24. The summed E-state index contributed by atoms with van der Waals surface area (Å²) in [4.78, 5) is 17.2. The van der Waals surface area contributed by atoms with Gasteiger partial charge in [0, 0.05) is 6.54 Å². The van der Waals surface area contributed by atoms with E-state index in [0.29, 0.717) is 18.9 Å². The van der Waals surface area contributed by atoms with Crippen LogP contribution in [0.5, 0.6) is 0 Å². The zero-order valence-corrected chi connectivity index (χ0v) is 7.43. The lowest BCUT2D eigenvalue weighted by molar-refractivity contribution is 1.01. The lowest BCUT2D eigenvalue weighted by Gasteiger charge is -2.00. The van der Waals surface area contributed by atoms with E-state index < -0.39 is 5.56 Å². The maximum absolute atomic E-state index is 10.9. The molecular formula is C7H7ClN4O. The number of hydrogen-bond donors (Lipinski definition) is 2. The fourth-order valence-electron chi connectivity index (χ4n) is 0.706. The fraction of sp³-hybridized carbons (Fsp3) is 0.286. The van der Waals surface area contributed by atoms with Crippen molar-refractivity contribution >= 4 is 17.5 Å². The smallest absolute Gasteiger partial charge is 0.271 e. The van der Waals surface area contributed by atoms with Gasteiger partial charge in [-0.25, -0.2) is 4.98 Å². The molecule has 0 aliphatic rings. The Kier molecular flexibility index (Phi) is 3.29. The van der Waals surface area contributed by atoms with Crippen LogP contribution in [0, 0.1) is 11.3 Å². The molecule has 13 heavy (non-hydrogen) atoms. The number of anilines is 1. The number of aromatic amines is 1. The van der Waals surface area contributed by atoms with Gasteiger partial charge < -0.3 is 5.32 Å². The summed E-state index contributed by atoms with van der Waals surface area (Å²) in [7, 11) is 0. The maximum atomic E-state index is 10.9. The van der Waals surface area contributed by atoms with Gasteiger partial charge in [0.25, 0.3) is 5.56 Å². The van der Waals surface area contributed by atoms with Gasteiger partial charge >= 0.3 is 0 Å². The molecule has 5 nitrogen and oxygen atoms in total. The van der Waals surface area contributed by atoms with Crippen molar-refractivity contribution in [1.29, 1.82) is 5.26 Å². The lowest BCUT2D eigenvalue weighted by atomic mass is 10.5. The highest BCUT2D eigenvalue weighted by Gasteiger charge is 1.97. The van der Waals surface area contributed by atoms with Gasteiger partial charge in [-0.05, 0) is 0 Å². The number of nitrogens with one attached hydrogen (secondary N) is 2. The van der Waals surface area contributed by atoms with Crippen LogP contribution in [0.4, 0.5) is 5.95 Å². The molecule has 0 bridgehead atoms. The fourth-order valence-corrected chi connectivity index (χ4v) is 0.802. The zero-order chi connectivity index (χ0) is 9.68. The quantitative estimate of drug-likeness (QED) is 0.703. The van der Waals surface area contributed by atoms with Crippen LogP contribution >= 0.6 is 11.6 Å². The Morgan fingerprint density at radius 1 is 1.77 bits per heavy atom. The minimum Gasteiger partial charge on any atom is -0.355 e. The number of nitriles is 1. The van der Waals surface area contributed by atoms with E-state index in [0.717, 1.165) is 0 Å². The van der Waals surface area contributed by atoms with Crippen molar-refractivity contribution in [3.8, 4) is 6.07 Å². The van der Waals surface area contributed by atoms with Crippen LogP contribution in [-0.4, -0.2) is 16.5 Å². The summed E-state index contributed by atoms with van der Waals surface area (Å²) in [6, 6.07) is 1.96. The van der Waals surface area contributed by atoms with E-state index in [9.17, 15) is 4.79 Å². The van der Waals surface area contributed by atoms with Gasteiger partial charge in [-0.15, -0.1) is 0 Å². The highest BCUT2D eigenvalue weighted by atomic mass is 35.5. The predicted octanol–water partition coefficient (Wildman–Crippen LogP) is 0.749. The molecule has 0 unspecified atom stereocenters. The van der Waals surface area contributed by atoms with Crippen molar-refractivity contribution in [3.05, 3.63) is 21.6 Å². The first-order valence-electron chi connectivity index (χ1n) is 3.59. The number of halogens is 1. The molecule has 0 atom stereocenters. The van der Waals surface area contributed by atoms with Gasteiger partial charge in [0.05, 0.1) is 18.7 Å². The number of aromatic nitrogens is 2. The van der Waals surface area contributed by atoms with Gasteiger partial charge in [0.1, 0.15) is 5.02 Å². The molecule has 0 radical (unpaired) electrons. The minimum atomic E-state index is -0.392. The largest absolute Gasteiger partial charge is 0.355 e. The Labute approximate surface area is 79.4 Å². The average molecular weight is 199 g/mol. The third-order valence-electron chi connectivity index (χ3n) is 1.29. The molecule has 68 valence electrons. The summed E-state index contributed by atoms with van der Waals surface area (Å²) in [5.41, 5.74) is -0.392. The van der Waals surface area contributed by atoms with Gasteiger partial charge in [-0.3, -0.25) is 9.78 Å². The van der Waals surface area contributed by atoms with Crippen LogP contribution in [0.1, 0.15) is 6.42 Å². The topological polar surface area (TPSA) is 81.6 Å². The Hall–Kier alpha value is -1.54. The second kappa shape index (κ2) is 4.48. The van der Waals surface area contributed by atoms with Crippen LogP contribution in [0.3, 0.4) is 0 Å². The summed E-state index contributed by atoms with van der Waals surface area (Å²) in [5, 5.41) is 11.1. The van der Waals surface area contributed by atoms with E-state index in [2.05, 4.69) is 15.3 Å². The minimum absolute atomic E-state index is 0.0471. The molecule has 1 heterocycles. The third kappa shape index (κ3) is 2.76. The predicted molar refractivity (Wildman–Crippen MR) is 48.6 cm³/mol. The molecule has 0 saturated heterocycles. The molecule has 0 amide bonds. The lowest BCUT2D eigenvalue weighted by Crippen LogP contribution is -2.13. The SMILES string of the molecule is N#CCCNc1ncc(Cl)c(=O)[nH]1. The van der Waals surface area contributed by atoms with Crippen molar-refractivity contribution in [2.24, 2.45) is 0 Å². The van der Waals surface area contributed by atoms with Gasteiger partial charge in [-0.2, -0.15) is 5.26 Å². The van der Waals surface area contributed by atoms with Crippen molar-refractivity contribution in [2.75, 3.05) is 11.9 Å². The molecular weight excluding hydrogens is 192 g/mol. The highest BCUT2D eigenvalue weighted by molar-refractivity contribution is 6.30. The Morgan fingerprint density at radius 2 is 2.54 bits per heavy atom. The molecule has 6 heteroatoms. The van der Waals surface area contributed by atoms with Crippen LogP contribution < -0.4 is 10.9 Å². The van der Waals surface area contributed by atoms with Crippen LogP contribution in [0.2, 0.25) is 5.02 Å². The van der Waals surface area contributed by atoms with E-state index in [1.54, 1.807) is 0 Å². The van der Waals surface area contributed by atoms with Crippen molar-refractivity contribution in [1.82, 2.24) is 9.97 Å². The monoisotopic (exact) mass is 198 g/mol. The molecule has 0 aliphatic heterocycles. The Bertz CT molecular complexity index is 381. The molecule has 2 N–H and O–H groups in total. The second-order valence-corrected chi connectivity index (χ2v) is 2.65. The van der Waals surface area contributed by atoms with Gasteiger partial charge in [0.2, 0.25) is 5.95 Å². The summed E-state index contributed by atoms with van der Waals surface area (Å²) in [6.07, 6.45) is 1.61. The summed E-state index contributed by atoms with van der Waals surface area (Å²) in [6.45, 7) is 0.446. The van der Waals surface area contributed by atoms with Crippen LogP contribution in [0.15, 0.2) is 11.0 Å². The van der Waals surface area contributed by atoms with E-state index in [-0.39, 0.29) is 5.02 Å². The number of nitrogens with zero attached hydrogens (tertiary/aromatic N) is 2. The summed E-state index contributed by atoms with van der Waals surface area (Å²) in [5.74, 6) is 0.324. The average Bonchev–Trinajstić information content (AvgIpc) is 2.12. The molecule has 0 aliphatic carbocycles. The second-order valence-electron chi connectivity index (χ2n) is 2.24. The maximum Gasteiger partial charge on any atom is 0.271 e. The molecule has 0 fully saturated rings. The first-order valence-corrected chi connectivity index (χ1v) is 3.97. The van der Waals surface area contributed by atoms with E-state index in [1.807, 2.05) is 6.07 Å². The Balaban J connectivity index is 2.65. The van der Waals surface area contributed by atoms with E-state index >= 15 is 0 Å². The van der Waals surface area contributed by atoms with E-state index in [4.69, 9.17) is 16.9 Å². The van der Waals surface area contributed by atoms with Gasteiger partial charge in [-0.1, -0.05) is 11.6 Å². The molecule has 1 aromatic heterocycles. The molecule has 0 spiro atoms. The van der Waals surface area contributed by atoms with Crippen molar-refractivity contribution in [3.63, 3.8) is 0 Å². The Morgan fingerprint density at radius 3 is 3.15 bits per heavy atom. The number of hydrogen-bond acceptors (Lipinski definition) is 4. The normalized spacial score (nSPS) is 9.23. The third-order valence-corrected chi connectivity index (χ3v) is 1.55.